The Morgan fingerprint density at radius 1 is 1.16 bits per heavy atom. The van der Waals surface area contributed by atoms with Crippen molar-refractivity contribution < 1.29 is 28.0 Å². The Labute approximate surface area is 220 Å². The molecule has 3 N–H and O–H groups in total. The van der Waals surface area contributed by atoms with E-state index in [9.17, 15) is 23.2 Å². The third-order valence-corrected chi connectivity index (χ3v) is 5.63. The van der Waals surface area contributed by atoms with Crippen LogP contribution in [0.3, 0.4) is 0 Å². The Hall–Kier alpha value is -3.61. The number of benzene rings is 1. The van der Waals surface area contributed by atoms with Gasteiger partial charge in [0, 0.05) is 18.3 Å². The number of halogens is 4. The molecule has 1 unspecified atom stereocenters. The maximum absolute atomic E-state index is 13.4. The molecule has 10 nitrogen and oxygen atoms in total. The summed E-state index contributed by atoms with van der Waals surface area (Å²) in [6.45, 7) is 2.22. The fourth-order valence-electron chi connectivity index (χ4n) is 3.35. The maximum Gasteiger partial charge on any atom is 0.277 e. The molecule has 0 saturated carbocycles. The normalized spacial score (nSPS) is 11.8. The van der Waals surface area contributed by atoms with Gasteiger partial charge in [-0.15, -0.1) is 0 Å². The van der Waals surface area contributed by atoms with Gasteiger partial charge in [0.25, 0.3) is 24.1 Å². The lowest BCUT2D eigenvalue weighted by Crippen LogP contribution is -2.38. The van der Waals surface area contributed by atoms with Gasteiger partial charge in [0.2, 0.25) is 0 Å². The van der Waals surface area contributed by atoms with E-state index in [1.807, 2.05) is 0 Å². The molecule has 0 aliphatic heterocycles. The summed E-state index contributed by atoms with van der Waals surface area (Å²) in [7, 11) is 1.41. The first kappa shape index (κ1) is 28.0. The molecule has 0 aliphatic carbocycles. The van der Waals surface area contributed by atoms with Crippen LogP contribution in [0.5, 0.6) is 0 Å². The Balaban J connectivity index is 1.98. The molecule has 0 fully saturated rings. The number of hydrogen-bond acceptors (Lipinski definition) is 6. The van der Waals surface area contributed by atoms with Crippen LogP contribution in [0.2, 0.25) is 10.0 Å². The van der Waals surface area contributed by atoms with Gasteiger partial charge < -0.3 is 10.6 Å². The summed E-state index contributed by atoms with van der Waals surface area (Å²) in [6, 6.07) is 5.86. The smallest absolute Gasteiger partial charge is 0.277 e. The summed E-state index contributed by atoms with van der Waals surface area (Å²) < 4.78 is 27.3. The number of carbonyl (C=O) groups is 3. The Morgan fingerprint density at radius 3 is 2.54 bits per heavy atom. The molecule has 2 aromatic heterocycles. The van der Waals surface area contributed by atoms with Crippen LogP contribution in [-0.2, 0) is 16.2 Å². The van der Waals surface area contributed by atoms with E-state index in [2.05, 4.69) is 26.2 Å². The van der Waals surface area contributed by atoms with Gasteiger partial charge in [-0.3, -0.25) is 28.9 Å². The highest BCUT2D eigenvalue weighted by Gasteiger charge is 2.26. The molecular formula is C23H22Cl2F2N6O4. The minimum atomic E-state index is -2.76. The zero-order chi connectivity index (χ0) is 27.3. The van der Waals surface area contributed by atoms with E-state index in [0.717, 1.165) is 10.9 Å². The molecule has 1 atom stereocenters. The predicted molar refractivity (Wildman–Crippen MR) is 133 cm³/mol. The van der Waals surface area contributed by atoms with Crippen molar-refractivity contribution in [1.29, 1.82) is 0 Å². The van der Waals surface area contributed by atoms with Crippen LogP contribution >= 0.6 is 23.2 Å². The average molecular weight is 555 g/mol. The van der Waals surface area contributed by atoms with Gasteiger partial charge in [-0.05, 0) is 43.7 Å². The van der Waals surface area contributed by atoms with E-state index in [1.165, 1.54) is 38.4 Å². The Morgan fingerprint density at radius 2 is 1.89 bits per heavy atom. The van der Waals surface area contributed by atoms with Crippen molar-refractivity contribution in [3.8, 4) is 11.4 Å². The number of amides is 3. The summed E-state index contributed by atoms with van der Waals surface area (Å²) in [6.07, 6.45) is -1.26. The second kappa shape index (κ2) is 12.1. The van der Waals surface area contributed by atoms with Crippen molar-refractivity contribution in [2.45, 2.75) is 32.9 Å². The number of nitrogens with zero attached hydrogens (tertiary/aromatic N) is 3. The number of nitrogens with one attached hydrogen (secondary N) is 3. The highest BCUT2D eigenvalue weighted by Crippen LogP contribution is 2.31. The standard InChI is InChI=1S/C23H22Cl2F2N6O4/c1-11-7-13(24)8-14(23(36)32-37-12(2)21(34)28-3)18(11)31-22(35)15-9-30-33(10-17(26)27)20(15)19-16(25)5-4-6-29-19/h4-9,12,17H,10H2,1-3H3,(H,28,34)(H,31,35)(H,32,36). The molecule has 0 aliphatic rings. The van der Waals surface area contributed by atoms with Gasteiger partial charge in [0.1, 0.15) is 17.9 Å². The fraction of sp³-hybridized carbons (Fsp3) is 0.261. The van der Waals surface area contributed by atoms with Gasteiger partial charge in [0.15, 0.2) is 6.10 Å². The summed E-state index contributed by atoms with van der Waals surface area (Å²) in [4.78, 5) is 47.1. The number of hydrogen-bond donors (Lipinski definition) is 3. The Bertz CT molecular complexity index is 1330. The molecule has 2 heterocycles. The molecule has 0 spiro atoms. The fourth-order valence-corrected chi connectivity index (χ4v) is 3.84. The van der Waals surface area contributed by atoms with Gasteiger partial charge in [0.05, 0.1) is 28.0 Å². The summed E-state index contributed by atoms with van der Waals surface area (Å²) in [5.41, 5.74) is 2.53. The monoisotopic (exact) mass is 554 g/mol. The quantitative estimate of drug-likeness (QED) is 0.344. The SMILES string of the molecule is CNC(=O)C(C)ONC(=O)c1cc(Cl)cc(C)c1NC(=O)c1cnn(CC(F)F)c1-c1ncccc1Cl. The number of aryl methyl sites for hydroxylation is 1. The summed E-state index contributed by atoms with van der Waals surface area (Å²) >= 11 is 12.4. The molecule has 3 aromatic rings. The van der Waals surface area contributed by atoms with Crippen LogP contribution in [-0.4, -0.2) is 52.1 Å². The zero-order valence-corrected chi connectivity index (χ0v) is 21.3. The van der Waals surface area contributed by atoms with Crippen molar-refractivity contribution in [3.05, 3.63) is 63.4 Å². The topological polar surface area (TPSA) is 127 Å². The third kappa shape index (κ3) is 6.59. The van der Waals surface area contributed by atoms with Crippen LogP contribution < -0.4 is 16.1 Å². The largest absolute Gasteiger partial charge is 0.357 e. The van der Waals surface area contributed by atoms with Crippen LogP contribution in [0.15, 0.2) is 36.7 Å². The first-order valence-corrected chi connectivity index (χ1v) is 11.5. The van der Waals surface area contributed by atoms with E-state index >= 15 is 0 Å². The van der Waals surface area contributed by atoms with Crippen molar-refractivity contribution in [3.63, 3.8) is 0 Å². The minimum Gasteiger partial charge on any atom is -0.357 e. The van der Waals surface area contributed by atoms with E-state index in [4.69, 9.17) is 28.0 Å². The van der Waals surface area contributed by atoms with Crippen molar-refractivity contribution in [2.24, 2.45) is 0 Å². The molecule has 37 heavy (non-hydrogen) atoms. The second-order valence-electron chi connectivity index (χ2n) is 7.72. The number of hydroxylamine groups is 1. The van der Waals surface area contributed by atoms with E-state index < -0.39 is 36.8 Å². The lowest BCUT2D eigenvalue weighted by atomic mass is 10.1. The van der Waals surface area contributed by atoms with Crippen LogP contribution in [0, 0.1) is 6.92 Å². The zero-order valence-electron chi connectivity index (χ0n) is 19.8. The van der Waals surface area contributed by atoms with Gasteiger partial charge >= 0.3 is 0 Å². The molecule has 196 valence electrons. The second-order valence-corrected chi connectivity index (χ2v) is 8.56. The lowest BCUT2D eigenvalue weighted by molar-refractivity contribution is -0.134. The highest BCUT2D eigenvalue weighted by molar-refractivity contribution is 6.33. The first-order valence-electron chi connectivity index (χ1n) is 10.8. The number of pyridine rings is 1. The van der Waals surface area contributed by atoms with Crippen molar-refractivity contribution >= 4 is 46.6 Å². The van der Waals surface area contributed by atoms with Crippen LogP contribution in [0.25, 0.3) is 11.4 Å². The molecule has 0 radical (unpaired) electrons. The maximum atomic E-state index is 13.4. The summed E-state index contributed by atoms with van der Waals surface area (Å²) in [5, 5.41) is 9.24. The molecule has 1 aromatic carbocycles. The van der Waals surface area contributed by atoms with Gasteiger partial charge in [-0.1, -0.05) is 23.2 Å². The average Bonchev–Trinajstić information content (AvgIpc) is 3.26. The molecule has 0 saturated heterocycles. The number of anilines is 1. The van der Waals surface area contributed by atoms with E-state index in [1.54, 1.807) is 13.0 Å². The van der Waals surface area contributed by atoms with Crippen LogP contribution in [0.4, 0.5) is 14.5 Å². The molecule has 3 rings (SSSR count). The number of carbonyl (C=O) groups excluding carboxylic acids is 3. The van der Waals surface area contributed by atoms with Gasteiger partial charge in [-0.25, -0.2) is 14.3 Å². The number of rotatable bonds is 9. The number of alkyl halides is 2. The molecular weight excluding hydrogens is 533 g/mol. The van der Waals surface area contributed by atoms with E-state index in [-0.39, 0.29) is 38.2 Å². The third-order valence-electron chi connectivity index (χ3n) is 5.11. The van der Waals surface area contributed by atoms with E-state index in [0.29, 0.717) is 5.56 Å². The van der Waals surface area contributed by atoms with Gasteiger partial charge in [-0.2, -0.15) is 5.10 Å². The van der Waals surface area contributed by atoms with Crippen LogP contribution in [0.1, 0.15) is 33.2 Å². The minimum absolute atomic E-state index is 0.0243. The number of aromatic nitrogens is 3. The summed E-state index contributed by atoms with van der Waals surface area (Å²) in [5.74, 6) is -2.04. The van der Waals surface area contributed by atoms with Crippen molar-refractivity contribution in [1.82, 2.24) is 25.6 Å². The first-order chi connectivity index (χ1) is 17.5. The molecule has 0 bridgehead atoms. The highest BCUT2D eigenvalue weighted by atomic mass is 35.5. The number of likely N-dealkylation sites (N-methyl/N-ethyl adjacent to an activating group) is 1. The Kier molecular flexibility index (Phi) is 9.14. The molecule has 3 amide bonds. The predicted octanol–water partition coefficient (Wildman–Crippen LogP) is 3.87. The lowest BCUT2D eigenvalue weighted by Gasteiger charge is -2.16. The molecule has 14 heteroatoms. The van der Waals surface area contributed by atoms with Crippen molar-refractivity contribution in [2.75, 3.05) is 12.4 Å².